The number of nitrogens with two attached hydrogens (primary N) is 1. The number of aryl methyl sites for hydroxylation is 1. The fraction of sp³-hybridized carbons (Fsp3) is 0.364. The highest BCUT2D eigenvalue weighted by Crippen LogP contribution is 2.37. The molecule has 0 bridgehead atoms. The number of piperidine rings is 1. The van der Waals surface area contributed by atoms with Crippen LogP contribution >= 0.6 is 0 Å². The molecule has 226 valence electrons. The zero-order chi connectivity index (χ0) is 30.5. The van der Waals surface area contributed by atoms with Crippen molar-refractivity contribution in [2.45, 2.75) is 38.8 Å². The van der Waals surface area contributed by atoms with E-state index in [4.69, 9.17) is 15.7 Å². The third kappa shape index (κ3) is 5.28. The average Bonchev–Trinajstić information content (AvgIpc) is 3.70. The molecule has 1 saturated carbocycles. The molecular formula is C33H36N8O3. The quantitative estimate of drug-likeness (QED) is 0.282. The largest absolute Gasteiger partial charge is 0.453 e. The molecule has 1 aromatic carbocycles. The Morgan fingerprint density at radius 1 is 1.07 bits per heavy atom. The number of amides is 2. The van der Waals surface area contributed by atoms with Crippen molar-refractivity contribution in [1.29, 1.82) is 0 Å². The number of methoxy groups -OCH3 is 1. The van der Waals surface area contributed by atoms with Crippen molar-refractivity contribution in [3.8, 4) is 22.8 Å². The van der Waals surface area contributed by atoms with Crippen molar-refractivity contribution in [1.82, 2.24) is 29.0 Å². The van der Waals surface area contributed by atoms with Gasteiger partial charge in [-0.1, -0.05) is 6.92 Å². The van der Waals surface area contributed by atoms with Gasteiger partial charge in [-0.25, -0.2) is 19.7 Å². The van der Waals surface area contributed by atoms with Crippen LogP contribution in [0.3, 0.4) is 0 Å². The molecule has 5 aromatic rings. The molecule has 5 heterocycles. The van der Waals surface area contributed by atoms with E-state index in [1.807, 2.05) is 42.3 Å². The molecule has 7 rings (SSSR count). The molecule has 2 fully saturated rings. The molecule has 4 aromatic heterocycles. The van der Waals surface area contributed by atoms with Crippen molar-refractivity contribution < 1.29 is 14.3 Å². The number of benzene rings is 1. The maximum absolute atomic E-state index is 13.4. The number of rotatable bonds is 6. The van der Waals surface area contributed by atoms with Crippen LogP contribution in [0.2, 0.25) is 0 Å². The Morgan fingerprint density at radius 3 is 2.64 bits per heavy atom. The molecule has 0 spiro atoms. The maximum atomic E-state index is 13.4. The van der Waals surface area contributed by atoms with Crippen LogP contribution in [0.15, 0.2) is 54.7 Å². The second-order valence-corrected chi connectivity index (χ2v) is 12.3. The zero-order valence-electron chi connectivity index (χ0n) is 25.2. The standard InChI is InChI=1S/C33H36N8O3/c1-19-12-24(34)18-40(16-19)32(42)22-7-10-27-26(13-22)37-31(39(27)2)28-14-21-6-9-25(36-30(21)41(28)17-20-4-5-20)23-8-11-29(35-15-23)38-33(43)44-3/h6-11,13-15,19-20,24H,4-5,12,16-18,34H2,1-3H3,(H,35,38,43)/t19-,24-/m1/s1. The normalized spacial score (nSPS) is 18.6. The van der Waals surface area contributed by atoms with Crippen LogP contribution in [0.1, 0.15) is 36.5 Å². The first kappa shape index (κ1) is 28.0. The van der Waals surface area contributed by atoms with E-state index >= 15 is 0 Å². The van der Waals surface area contributed by atoms with E-state index < -0.39 is 6.09 Å². The number of nitrogens with zero attached hydrogens (tertiary/aromatic N) is 6. The molecule has 2 amide bonds. The summed E-state index contributed by atoms with van der Waals surface area (Å²) in [6, 6.07) is 15.6. The average molecular weight is 593 g/mol. The molecule has 2 aliphatic rings. The Kier molecular flexibility index (Phi) is 7.04. The third-order valence-electron chi connectivity index (χ3n) is 8.69. The summed E-state index contributed by atoms with van der Waals surface area (Å²) in [7, 11) is 3.33. The predicted octanol–water partition coefficient (Wildman–Crippen LogP) is 5.05. The summed E-state index contributed by atoms with van der Waals surface area (Å²) in [6.07, 6.45) is 4.46. The first-order valence-electron chi connectivity index (χ1n) is 15.1. The molecule has 2 atom stereocenters. The molecular weight excluding hydrogens is 556 g/mol. The Balaban J connectivity index is 1.25. The number of anilines is 1. The fourth-order valence-corrected chi connectivity index (χ4v) is 6.30. The van der Waals surface area contributed by atoms with Crippen LogP contribution in [0.4, 0.5) is 10.6 Å². The van der Waals surface area contributed by atoms with E-state index in [0.29, 0.717) is 29.8 Å². The van der Waals surface area contributed by atoms with E-state index in [2.05, 4.69) is 43.2 Å². The van der Waals surface area contributed by atoms with E-state index in [0.717, 1.165) is 64.4 Å². The second-order valence-electron chi connectivity index (χ2n) is 12.3. The van der Waals surface area contributed by atoms with E-state index in [-0.39, 0.29) is 11.9 Å². The van der Waals surface area contributed by atoms with Gasteiger partial charge in [0, 0.05) is 55.4 Å². The van der Waals surface area contributed by atoms with Crippen molar-refractivity contribution in [2.24, 2.45) is 24.6 Å². The van der Waals surface area contributed by atoms with E-state index in [1.54, 1.807) is 12.3 Å². The van der Waals surface area contributed by atoms with Gasteiger partial charge in [0.15, 0.2) is 5.82 Å². The lowest BCUT2D eigenvalue weighted by Gasteiger charge is -2.34. The molecule has 0 radical (unpaired) electrons. The van der Waals surface area contributed by atoms with Crippen LogP contribution < -0.4 is 11.1 Å². The van der Waals surface area contributed by atoms with Gasteiger partial charge in [0.2, 0.25) is 0 Å². The summed E-state index contributed by atoms with van der Waals surface area (Å²) in [6.45, 7) is 4.30. The number of nitrogens with one attached hydrogen (secondary N) is 1. The fourth-order valence-electron chi connectivity index (χ4n) is 6.30. The summed E-state index contributed by atoms with van der Waals surface area (Å²) in [5.74, 6) is 2.23. The van der Waals surface area contributed by atoms with Crippen LogP contribution in [-0.4, -0.2) is 67.2 Å². The summed E-state index contributed by atoms with van der Waals surface area (Å²) >= 11 is 0. The van der Waals surface area contributed by atoms with Gasteiger partial charge < -0.3 is 24.5 Å². The van der Waals surface area contributed by atoms with Gasteiger partial charge in [0.25, 0.3) is 5.91 Å². The third-order valence-corrected chi connectivity index (χ3v) is 8.69. The smallest absolute Gasteiger partial charge is 0.412 e. The number of imidazole rings is 1. The minimum atomic E-state index is -0.568. The van der Waals surface area contributed by atoms with Gasteiger partial charge in [-0.15, -0.1) is 0 Å². The van der Waals surface area contributed by atoms with Gasteiger partial charge in [-0.3, -0.25) is 10.1 Å². The lowest BCUT2D eigenvalue weighted by atomic mass is 9.96. The number of carbonyl (C=O) groups excluding carboxylic acids is 2. The van der Waals surface area contributed by atoms with Crippen LogP contribution in [0, 0.1) is 11.8 Å². The summed E-state index contributed by atoms with van der Waals surface area (Å²) in [5, 5.41) is 3.60. The maximum Gasteiger partial charge on any atom is 0.412 e. The number of pyridine rings is 2. The first-order chi connectivity index (χ1) is 21.3. The Bertz CT molecular complexity index is 1880. The van der Waals surface area contributed by atoms with Crippen LogP contribution in [0.25, 0.3) is 44.8 Å². The molecule has 3 N–H and O–H groups in total. The van der Waals surface area contributed by atoms with Crippen LogP contribution in [-0.2, 0) is 18.3 Å². The molecule has 0 unspecified atom stereocenters. The topological polar surface area (TPSA) is 133 Å². The summed E-state index contributed by atoms with van der Waals surface area (Å²) in [5.41, 5.74) is 12.1. The van der Waals surface area contributed by atoms with Gasteiger partial charge in [0.1, 0.15) is 11.5 Å². The number of carbonyl (C=O) groups is 2. The number of ether oxygens (including phenoxy) is 1. The lowest BCUT2D eigenvalue weighted by molar-refractivity contribution is 0.0661. The Labute approximate surface area is 255 Å². The van der Waals surface area contributed by atoms with Crippen molar-refractivity contribution in [3.63, 3.8) is 0 Å². The van der Waals surface area contributed by atoms with Gasteiger partial charge >= 0.3 is 6.09 Å². The second kappa shape index (κ2) is 11.1. The van der Waals surface area contributed by atoms with Gasteiger partial charge in [-0.2, -0.15) is 0 Å². The monoisotopic (exact) mass is 592 g/mol. The molecule has 1 saturated heterocycles. The van der Waals surface area contributed by atoms with Crippen LogP contribution in [0.5, 0.6) is 0 Å². The Morgan fingerprint density at radius 2 is 1.91 bits per heavy atom. The highest BCUT2D eigenvalue weighted by Gasteiger charge is 2.28. The number of fused-ring (bicyclic) bond motifs is 2. The number of hydrogen-bond donors (Lipinski definition) is 2. The highest BCUT2D eigenvalue weighted by atomic mass is 16.5. The van der Waals surface area contributed by atoms with Crippen molar-refractivity contribution in [3.05, 3.63) is 60.3 Å². The molecule has 1 aliphatic carbocycles. The number of likely N-dealkylation sites (tertiary alicyclic amines) is 1. The van der Waals surface area contributed by atoms with E-state index in [1.165, 1.54) is 20.0 Å². The molecule has 1 aliphatic heterocycles. The number of hydrogen-bond acceptors (Lipinski definition) is 7. The Hall–Kier alpha value is -4.77. The lowest BCUT2D eigenvalue weighted by Crippen LogP contribution is -2.48. The van der Waals surface area contributed by atoms with Gasteiger partial charge in [0.05, 0.1) is 29.5 Å². The minimum Gasteiger partial charge on any atom is -0.453 e. The van der Waals surface area contributed by atoms with Crippen molar-refractivity contribution in [2.75, 3.05) is 25.5 Å². The molecule has 44 heavy (non-hydrogen) atoms. The molecule has 11 nitrogen and oxygen atoms in total. The zero-order valence-corrected chi connectivity index (χ0v) is 25.2. The highest BCUT2D eigenvalue weighted by molar-refractivity contribution is 5.98. The summed E-state index contributed by atoms with van der Waals surface area (Å²) < 4.78 is 9.02. The van der Waals surface area contributed by atoms with Gasteiger partial charge in [-0.05, 0) is 79.6 Å². The van der Waals surface area contributed by atoms with Crippen molar-refractivity contribution >= 4 is 39.9 Å². The minimum absolute atomic E-state index is 0.00396. The number of aromatic nitrogens is 5. The first-order valence-corrected chi connectivity index (χ1v) is 15.1. The summed E-state index contributed by atoms with van der Waals surface area (Å²) in [4.78, 5) is 41.3. The predicted molar refractivity (Wildman–Crippen MR) is 169 cm³/mol. The SMILES string of the molecule is COC(=O)Nc1ccc(-c2ccc3cc(-c4nc5cc(C(=O)N6C[C@H](C)C[C@@H](N)C6)ccc5n4C)n(CC4CC4)c3n2)cn1. The van der Waals surface area contributed by atoms with E-state index in [9.17, 15) is 9.59 Å². The molecule has 11 heteroatoms.